The Bertz CT molecular complexity index is 781. The molecule has 5 heteroatoms. The van der Waals surface area contributed by atoms with Crippen LogP contribution in [0.25, 0.3) is 0 Å². The lowest BCUT2D eigenvalue weighted by Gasteiger charge is -2.53. The van der Waals surface area contributed by atoms with Gasteiger partial charge in [-0.15, -0.1) is 0 Å². The lowest BCUT2D eigenvalue weighted by molar-refractivity contribution is -0.181. The molecule has 3 aliphatic rings. The number of rotatable bonds is 1. The van der Waals surface area contributed by atoms with Gasteiger partial charge in [0.05, 0.1) is 6.61 Å². The highest BCUT2D eigenvalue weighted by atomic mass is 16.6. The Morgan fingerprint density at radius 1 is 1.20 bits per heavy atom. The van der Waals surface area contributed by atoms with Crippen molar-refractivity contribution in [3.05, 3.63) is 22.8 Å². The molecular weight excluding hydrogens is 320 g/mol. The number of carbonyl (C=O) groups is 1. The van der Waals surface area contributed by atoms with Crippen molar-refractivity contribution in [3.8, 4) is 11.5 Å². The number of ketones is 1. The quantitative estimate of drug-likeness (QED) is 0.680. The number of ether oxygens (including phenoxy) is 1. The van der Waals surface area contributed by atoms with Gasteiger partial charge in [0.1, 0.15) is 0 Å². The molecule has 1 saturated carbocycles. The first-order chi connectivity index (χ1) is 11.6. The van der Waals surface area contributed by atoms with Crippen molar-refractivity contribution in [2.75, 3.05) is 6.61 Å². The topological polar surface area (TPSA) is 87.0 Å². The summed E-state index contributed by atoms with van der Waals surface area (Å²) in [6.07, 6.45) is 2.52. The zero-order valence-electron chi connectivity index (χ0n) is 15.2. The number of fused-ring (bicyclic) bond motifs is 1. The van der Waals surface area contributed by atoms with Crippen molar-refractivity contribution in [2.45, 2.75) is 64.1 Å². The van der Waals surface area contributed by atoms with Gasteiger partial charge in [0.25, 0.3) is 0 Å². The number of benzene rings is 1. The molecule has 5 nitrogen and oxygen atoms in total. The number of hydrogen-bond acceptors (Lipinski definition) is 5. The zero-order valence-corrected chi connectivity index (χ0v) is 15.2. The SMILES string of the molecule is CC(C)c1cc2c(c(O)c1O)[C@@]13CCCC(C)(C)[C@@H]1[C@](O)(OC3)C2=O. The van der Waals surface area contributed by atoms with E-state index in [9.17, 15) is 20.1 Å². The second-order valence-corrected chi connectivity index (χ2v) is 8.99. The van der Waals surface area contributed by atoms with Crippen LogP contribution in [0, 0.1) is 11.3 Å². The third-order valence-electron chi connectivity index (χ3n) is 6.71. The van der Waals surface area contributed by atoms with Crippen molar-refractivity contribution in [1.29, 1.82) is 0 Å². The lowest BCUT2D eigenvalue weighted by Crippen LogP contribution is -2.60. The summed E-state index contributed by atoms with van der Waals surface area (Å²) < 4.78 is 5.74. The van der Waals surface area contributed by atoms with Crippen LogP contribution in [0.5, 0.6) is 11.5 Å². The normalized spacial score (nSPS) is 35.6. The highest BCUT2D eigenvalue weighted by molar-refractivity contribution is 6.06. The summed E-state index contributed by atoms with van der Waals surface area (Å²) in [6.45, 7) is 8.05. The van der Waals surface area contributed by atoms with Gasteiger partial charge >= 0.3 is 0 Å². The van der Waals surface area contributed by atoms with E-state index in [1.807, 2.05) is 27.7 Å². The van der Waals surface area contributed by atoms with E-state index in [0.717, 1.165) is 19.3 Å². The van der Waals surface area contributed by atoms with Crippen LogP contribution in [0.3, 0.4) is 0 Å². The van der Waals surface area contributed by atoms with Crippen LogP contribution < -0.4 is 0 Å². The molecule has 2 bridgehead atoms. The van der Waals surface area contributed by atoms with Gasteiger partial charge in [-0.1, -0.05) is 34.1 Å². The van der Waals surface area contributed by atoms with E-state index in [0.29, 0.717) is 16.7 Å². The molecule has 25 heavy (non-hydrogen) atoms. The third-order valence-corrected chi connectivity index (χ3v) is 6.71. The highest BCUT2D eigenvalue weighted by Crippen LogP contribution is 2.66. The Labute approximate surface area is 147 Å². The fourth-order valence-electron chi connectivity index (χ4n) is 5.81. The summed E-state index contributed by atoms with van der Waals surface area (Å²) in [4.78, 5) is 13.2. The molecule has 0 amide bonds. The number of phenols is 2. The minimum absolute atomic E-state index is 0.0600. The lowest BCUT2D eigenvalue weighted by atomic mass is 9.49. The number of aromatic hydroxyl groups is 2. The van der Waals surface area contributed by atoms with E-state index >= 15 is 0 Å². The number of carbonyl (C=O) groups excluding carboxylic acids is 1. The Kier molecular flexibility index (Phi) is 3.22. The maximum Gasteiger partial charge on any atom is 0.235 e. The van der Waals surface area contributed by atoms with E-state index in [1.165, 1.54) is 0 Å². The average molecular weight is 346 g/mol. The predicted molar refractivity (Wildman–Crippen MR) is 91.9 cm³/mol. The number of phenolic OH excluding ortho intramolecular Hbond substituents is 2. The largest absolute Gasteiger partial charge is 0.504 e. The van der Waals surface area contributed by atoms with Crippen LogP contribution in [0.15, 0.2) is 6.07 Å². The molecule has 4 rings (SSSR count). The smallest absolute Gasteiger partial charge is 0.235 e. The summed E-state index contributed by atoms with van der Waals surface area (Å²) in [5, 5.41) is 32.6. The van der Waals surface area contributed by atoms with E-state index in [4.69, 9.17) is 4.74 Å². The van der Waals surface area contributed by atoms with Crippen molar-refractivity contribution in [2.24, 2.45) is 11.3 Å². The first-order valence-corrected chi connectivity index (χ1v) is 9.07. The fourth-order valence-corrected chi connectivity index (χ4v) is 5.81. The summed E-state index contributed by atoms with van der Waals surface area (Å²) in [7, 11) is 0. The van der Waals surface area contributed by atoms with Crippen LogP contribution in [0.4, 0.5) is 0 Å². The van der Waals surface area contributed by atoms with Gasteiger partial charge in [0, 0.05) is 28.0 Å². The van der Waals surface area contributed by atoms with E-state index in [1.54, 1.807) is 6.07 Å². The molecule has 2 fully saturated rings. The molecule has 1 aromatic carbocycles. The second kappa shape index (κ2) is 4.77. The van der Waals surface area contributed by atoms with Gasteiger partial charge in [-0.05, 0) is 30.2 Å². The monoisotopic (exact) mass is 346 g/mol. The van der Waals surface area contributed by atoms with E-state index in [-0.39, 0.29) is 29.4 Å². The Balaban J connectivity index is 2.07. The maximum absolute atomic E-state index is 13.2. The number of Topliss-reactive ketones (excluding diaryl/α,β-unsaturated/α-hetero) is 1. The summed E-state index contributed by atoms with van der Waals surface area (Å²) in [5.74, 6) is -3.21. The van der Waals surface area contributed by atoms with Crippen molar-refractivity contribution >= 4 is 5.78 Å². The molecule has 1 aromatic rings. The standard InChI is InChI=1S/C20H26O5/c1-10(2)11-8-12-13(15(22)14(11)21)19-7-5-6-18(3,4)17(19)20(24,16(12)23)25-9-19/h8,10,17,21-22,24H,5-7,9H2,1-4H3/t17-,19-,20+/m0/s1. The summed E-state index contributed by atoms with van der Waals surface area (Å²) in [5.41, 5.74) is 0.330. The summed E-state index contributed by atoms with van der Waals surface area (Å²) >= 11 is 0. The zero-order chi connectivity index (χ0) is 18.4. The first kappa shape index (κ1) is 16.9. The van der Waals surface area contributed by atoms with Crippen molar-refractivity contribution in [3.63, 3.8) is 0 Å². The molecule has 0 unspecified atom stereocenters. The third kappa shape index (κ3) is 1.83. The van der Waals surface area contributed by atoms with E-state index < -0.39 is 22.9 Å². The summed E-state index contributed by atoms with van der Waals surface area (Å²) in [6, 6.07) is 1.64. The Hall–Kier alpha value is -1.59. The van der Waals surface area contributed by atoms with Gasteiger partial charge in [0.2, 0.25) is 11.6 Å². The maximum atomic E-state index is 13.2. The Morgan fingerprint density at radius 2 is 1.88 bits per heavy atom. The van der Waals surface area contributed by atoms with Crippen LogP contribution >= 0.6 is 0 Å². The van der Waals surface area contributed by atoms with Gasteiger partial charge in [0.15, 0.2) is 11.5 Å². The Morgan fingerprint density at radius 3 is 2.52 bits per heavy atom. The van der Waals surface area contributed by atoms with Crippen LogP contribution in [-0.4, -0.2) is 33.5 Å². The van der Waals surface area contributed by atoms with Crippen LogP contribution in [-0.2, 0) is 10.2 Å². The number of hydrogen-bond donors (Lipinski definition) is 3. The molecule has 1 aliphatic heterocycles. The molecule has 0 spiro atoms. The average Bonchev–Trinajstić information content (AvgIpc) is 2.80. The molecule has 0 radical (unpaired) electrons. The second-order valence-electron chi connectivity index (χ2n) is 8.99. The molecule has 0 aromatic heterocycles. The predicted octanol–water partition coefficient (Wildman–Crippen LogP) is 3.20. The van der Waals surface area contributed by atoms with Gasteiger partial charge < -0.3 is 20.1 Å². The first-order valence-electron chi connectivity index (χ1n) is 9.07. The van der Waals surface area contributed by atoms with Crippen molar-refractivity contribution < 1.29 is 24.9 Å². The van der Waals surface area contributed by atoms with Crippen LogP contribution in [0.1, 0.15) is 74.4 Å². The molecule has 1 heterocycles. The van der Waals surface area contributed by atoms with Crippen molar-refractivity contribution in [1.82, 2.24) is 0 Å². The van der Waals surface area contributed by atoms with E-state index in [2.05, 4.69) is 0 Å². The molecule has 3 atom stereocenters. The highest BCUT2D eigenvalue weighted by Gasteiger charge is 2.72. The minimum atomic E-state index is -1.85. The molecule has 1 saturated heterocycles. The van der Waals surface area contributed by atoms with Gasteiger partial charge in [-0.2, -0.15) is 0 Å². The van der Waals surface area contributed by atoms with Crippen LogP contribution in [0.2, 0.25) is 0 Å². The molecule has 2 aliphatic carbocycles. The molecule has 3 N–H and O–H groups in total. The van der Waals surface area contributed by atoms with Gasteiger partial charge in [-0.3, -0.25) is 4.79 Å². The minimum Gasteiger partial charge on any atom is -0.504 e. The van der Waals surface area contributed by atoms with Gasteiger partial charge in [-0.25, -0.2) is 0 Å². The molecular formula is C20H26O5. The fraction of sp³-hybridized carbons (Fsp3) is 0.650. The molecule has 136 valence electrons. The number of aliphatic hydroxyl groups is 1.